The zero-order valence-corrected chi connectivity index (χ0v) is 11.7. The average molecular weight is 241 g/mol. The molecular formula is C12H23N3S. The van der Waals surface area contributed by atoms with Crippen LogP contribution in [-0.2, 0) is 11.8 Å². The van der Waals surface area contributed by atoms with E-state index in [1.54, 1.807) is 11.3 Å². The van der Waals surface area contributed by atoms with E-state index in [0.29, 0.717) is 0 Å². The Labute approximate surface area is 103 Å². The first kappa shape index (κ1) is 13.6. The minimum absolute atomic E-state index is 0.135. The van der Waals surface area contributed by atoms with Crippen LogP contribution in [0.1, 0.15) is 50.6 Å². The highest BCUT2D eigenvalue weighted by Crippen LogP contribution is 2.25. The molecule has 0 spiro atoms. The van der Waals surface area contributed by atoms with Crippen molar-refractivity contribution in [1.82, 2.24) is 15.5 Å². The van der Waals surface area contributed by atoms with E-state index in [0.717, 1.165) is 30.9 Å². The molecule has 0 fully saturated rings. The summed E-state index contributed by atoms with van der Waals surface area (Å²) < 4.78 is 0. The van der Waals surface area contributed by atoms with Crippen molar-refractivity contribution < 1.29 is 0 Å². The van der Waals surface area contributed by atoms with E-state index in [1.807, 2.05) is 0 Å². The fourth-order valence-corrected chi connectivity index (χ4v) is 2.26. The van der Waals surface area contributed by atoms with Crippen molar-refractivity contribution >= 4 is 11.3 Å². The Balaban J connectivity index is 2.30. The molecule has 1 N–H and O–H groups in total. The summed E-state index contributed by atoms with van der Waals surface area (Å²) in [5.41, 5.74) is 0.135. The minimum atomic E-state index is 0.135. The standard InChI is InChI=1S/C12H23N3S/c1-5-8-13-9-6-7-10-14-15-11(16-10)12(2,3)4/h13H,5-9H2,1-4H3. The van der Waals surface area contributed by atoms with Crippen LogP contribution in [0.25, 0.3) is 0 Å². The van der Waals surface area contributed by atoms with Gasteiger partial charge in [0.25, 0.3) is 0 Å². The van der Waals surface area contributed by atoms with Gasteiger partial charge in [-0.25, -0.2) is 0 Å². The lowest BCUT2D eigenvalue weighted by Gasteiger charge is -2.12. The zero-order chi connectivity index (χ0) is 12.0. The monoisotopic (exact) mass is 241 g/mol. The second-order valence-electron chi connectivity index (χ2n) is 5.10. The van der Waals surface area contributed by atoms with Crippen molar-refractivity contribution in [3.05, 3.63) is 10.0 Å². The van der Waals surface area contributed by atoms with Crippen molar-refractivity contribution in [1.29, 1.82) is 0 Å². The Bertz CT molecular complexity index is 301. The van der Waals surface area contributed by atoms with Gasteiger partial charge in [0, 0.05) is 11.8 Å². The van der Waals surface area contributed by atoms with Crippen LogP contribution in [-0.4, -0.2) is 23.3 Å². The van der Waals surface area contributed by atoms with Gasteiger partial charge in [0.05, 0.1) is 0 Å². The highest BCUT2D eigenvalue weighted by Gasteiger charge is 2.18. The van der Waals surface area contributed by atoms with Gasteiger partial charge in [0.15, 0.2) is 0 Å². The first-order valence-electron chi connectivity index (χ1n) is 6.07. The number of hydrogen-bond donors (Lipinski definition) is 1. The minimum Gasteiger partial charge on any atom is -0.317 e. The Hall–Kier alpha value is -0.480. The van der Waals surface area contributed by atoms with Crippen molar-refractivity contribution in [2.24, 2.45) is 0 Å². The number of rotatable bonds is 6. The van der Waals surface area contributed by atoms with E-state index in [2.05, 4.69) is 43.2 Å². The van der Waals surface area contributed by atoms with Gasteiger partial charge in [-0.2, -0.15) is 0 Å². The van der Waals surface area contributed by atoms with Gasteiger partial charge >= 0.3 is 0 Å². The van der Waals surface area contributed by atoms with Crippen LogP contribution in [0.4, 0.5) is 0 Å². The molecule has 1 rings (SSSR count). The molecule has 1 aromatic rings. The number of nitrogens with zero attached hydrogens (tertiary/aromatic N) is 2. The Morgan fingerprint density at radius 2 is 1.94 bits per heavy atom. The lowest BCUT2D eigenvalue weighted by atomic mass is 9.98. The van der Waals surface area contributed by atoms with Gasteiger partial charge in [-0.1, -0.05) is 27.7 Å². The maximum atomic E-state index is 4.25. The molecule has 0 aromatic carbocycles. The molecular weight excluding hydrogens is 218 g/mol. The Morgan fingerprint density at radius 3 is 2.50 bits per heavy atom. The van der Waals surface area contributed by atoms with Crippen LogP contribution in [0.3, 0.4) is 0 Å². The van der Waals surface area contributed by atoms with Crippen LogP contribution in [0.5, 0.6) is 0 Å². The molecule has 3 nitrogen and oxygen atoms in total. The topological polar surface area (TPSA) is 37.8 Å². The third-order valence-corrected chi connectivity index (χ3v) is 3.69. The van der Waals surface area contributed by atoms with E-state index >= 15 is 0 Å². The third kappa shape index (κ3) is 4.58. The summed E-state index contributed by atoms with van der Waals surface area (Å²) >= 11 is 1.75. The van der Waals surface area contributed by atoms with Crippen molar-refractivity contribution in [3.63, 3.8) is 0 Å². The summed E-state index contributed by atoms with van der Waals surface area (Å²) in [6.45, 7) is 10.9. The highest BCUT2D eigenvalue weighted by molar-refractivity contribution is 7.11. The smallest absolute Gasteiger partial charge is 0.122 e. The molecule has 0 saturated carbocycles. The molecule has 16 heavy (non-hydrogen) atoms. The molecule has 0 bridgehead atoms. The number of aromatic nitrogens is 2. The van der Waals surface area contributed by atoms with Gasteiger partial charge in [0.1, 0.15) is 10.0 Å². The highest BCUT2D eigenvalue weighted by atomic mass is 32.1. The van der Waals surface area contributed by atoms with Gasteiger partial charge < -0.3 is 5.32 Å². The normalized spacial score (nSPS) is 12.0. The summed E-state index contributed by atoms with van der Waals surface area (Å²) in [5, 5.41) is 14.2. The summed E-state index contributed by atoms with van der Waals surface area (Å²) in [5.74, 6) is 0. The molecule has 92 valence electrons. The predicted octanol–water partition coefficient (Wildman–Crippen LogP) is 2.77. The molecule has 0 radical (unpaired) electrons. The van der Waals surface area contributed by atoms with Crippen LogP contribution in [0, 0.1) is 0 Å². The van der Waals surface area contributed by atoms with E-state index in [4.69, 9.17) is 0 Å². The Morgan fingerprint density at radius 1 is 1.19 bits per heavy atom. The van der Waals surface area contributed by atoms with Crippen LogP contribution in [0.15, 0.2) is 0 Å². The molecule has 1 heterocycles. The quantitative estimate of drug-likeness (QED) is 0.778. The van der Waals surface area contributed by atoms with Gasteiger partial charge in [-0.05, 0) is 25.9 Å². The molecule has 0 unspecified atom stereocenters. The number of nitrogens with one attached hydrogen (secondary N) is 1. The molecule has 1 aromatic heterocycles. The maximum absolute atomic E-state index is 4.25. The molecule has 0 amide bonds. The van der Waals surface area contributed by atoms with Gasteiger partial charge in [-0.15, -0.1) is 21.5 Å². The third-order valence-electron chi connectivity index (χ3n) is 2.28. The van der Waals surface area contributed by atoms with E-state index in [9.17, 15) is 0 Å². The molecule has 0 aliphatic rings. The second-order valence-corrected chi connectivity index (χ2v) is 6.17. The van der Waals surface area contributed by atoms with Gasteiger partial charge in [-0.3, -0.25) is 0 Å². The number of aryl methyl sites for hydroxylation is 1. The summed E-state index contributed by atoms with van der Waals surface area (Å²) in [4.78, 5) is 0. The van der Waals surface area contributed by atoms with Gasteiger partial charge in [0.2, 0.25) is 0 Å². The van der Waals surface area contributed by atoms with E-state index in [-0.39, 0.29) is 5.41 Å². The largest absolute Gasteiger partial charge is 0.317 e. The van der Waals surface area contributed by atoms with Crippen molar-refractivity contribution in [2.75, 3.05) is 13.1 Å². The van der Waals surface area contributed by atoms with Crippen LogP contribution < -0.4 is 5.32 Å². The molecule has 0 saturated heterocycles. The maximum Gasteiger partial charge on any atom is 0.122 e. The summed E-state index contributed by atoms with van der Waals surface area (Å²) in [6, 6.07) is 0. The lowest BCUT2D eigenvalue weighted by molar-refractivity contribution is 0.577. The fourth-order valence-electron chi connectivity index (χ4n) is 1.32. The number of hydrogen-bond acceptors (Lipinski definition) is 4. The second kappa shape index (κ2) is 6.30. The van der Waals surface area contributed by atoms with Crippen molar-refractivity contribution in [2.45, 2.75) is 52.4 Å². The van der Waals surface area contributed by atoms with Crippen molar-refractivity contribution in [3.8, 4) is 0 Å². The predicted molar refractivity (Wildman–Crippen MR) is 70.1 cm³/mol. The SMILES string of the molecule is CCCNCCCc1nnc(C(C)(C)C)s1. The molecule has 4 heteroatoms. The van der Waals surface area contributed by atoms with Crippen LogP contribution >= 0.6 is 11.3 Å². The van der Waals surface area contributed by atoms with E-state index < -0.39 is 0 Å². The summed E-state index contributed by atoms with van der Waals surface area (Å²) in [7, 11) is 0. The first-order valence-corrected chi connectivity index (χ1v) is 6.89. The van der Waals surface area contributed by atoms with Crippen LogP contribution in [0.2, 0.25) is 0 Å². The lowest BCUT2D eigenvalue weighted by Crippen LogP contribution is -2.16. The molecule has 0 aliphatic carbocycles. The first-order chi connectivity index (χ1) is 7.54. The molecule has 0 atom stereocenters. The van der Waals surface area contributed by atoms with E-state index in [1.165, 1.54) is 11.4 Å². The zero-order valence-electron chi connectivity index (χ0n) is 10.8. The molecule has 0 aliphatic heterocycles. The summed E-state index contributed by atoms with van der Waals surface area (Å²) in [6.07, 6.45) is 3.40. The average Bonchev–Trinajstić information content (AvgIpc) is 2.65. The Kier molecular flexibility index (Phi) is 5.35. The fraction of sp³-hybridized carbons (Fsp3) is 0.833.